The summed E-state index contributed by atoms with van der Waals surface area (Å²) in [7, 11) is 0. The minimum atomic E-state index is -0.797. The lowest BCUT2D eigenvalue weighted by atomic mass is 9.67. The maximum absolute atomic E-state index is 12.0. The van der Waals surface area contributed by atoms with Crippen LogP contribution in [0.1, 0.15) is 47.0 Å². The number of nitrogens with one attached hydrogen (secondary N) is 2. The predicted molar refractivity (Wildman–Crippen MR) is 62.8 cm³/mol. The zero-order valence-electron chi connectivity index (χ0n) is 10.6. The van der Waals surface area contributed by atoms with Crippen LogP contribution in [0.5, 0.6) is 0 Å². The number of hydrogen-bond donors (Lipinski definition) is 2. The van der Waals surface area contributed by atoms with Gasteiger partial charge in [-0.3, -0.25) is 9.59 Å². The first-order valence-electron chi connectivity index (χ1n) is 6.00. The summed E-state index contributed by atoms with van der Waals surface area (Å²) in [6, 6.07) is 0.161. The van der Waals surface area contributed by atoms with Gasteiger partial charge in [-0.2, -0.15) is 0 Å². The fourth-order valence-corrected chi connectivity index (χ4v) is 1.89. The fraction of sp³-hybridized carbons (Fsp3) is 0.833. The summed E-state index contributed by atoms with van der Waals surface area (Å²) in [6.45, 7) is 7.63. The smallest absolute Gasteiger partial charge is 0.235 e. The zero-order valence-corrected chi connectivity index (χ0v) is 10.6. The van der Waals surface area contributed by atoms with E-state index in [1.807, 2.05) is 27.7 Å². The molecule has 92 valence electrons. The fourth-order valence-electron chi connectivity index (χ4n) is 1.89. The summed E-state index contributed by atoms with van der Waals surface area (Å²) in [4.78, 5) is 24.0. The molecule has 1 fully saturated rings. The van der Waals surface area contributed by atoms with Gasteiger partial charge in [0.1, 0.15) is 5.41 Å². The van der Waals surface area contributed by atoms with E-state index in [1.165, 1.54) is 0 Å². The molecule has 0 saturated heterocycles. The van der Waals surface area contributed by atoms with E-state index in [4.69, 9.17) is 0 Å². The summed E-state index contributed by atoms with van der Waals surface area (Å²) in [5, 5.41) is 5.68. The normalized spacial score (nSPS) is 18.1. The maximum atomic E-state index is 12.0. The van der Waals surface area contributed by atoms with Gasteiger partial charge in [0.05, 0.1) is 0 Å². The third-order valence-electron chi connectivity index (χ3n) is 2.92. The van der Waals surface area contributed by atoms with Gasteiger partial charge in [0.25, 0.3) is 0 Å². The standard InChI is InChI=1S/C12H22N2O2/c1-8(2)13-10(15)12(6-5-7-12)11(16)14-9(3)4/h8-9H,5-7H2,1-4H3,(H,13,15)(H,14,16). The lowest BCUT2D eigenvalue weighted by molar-refractivity contribution is -0.150. The van der Waals surface area contributed by atoms with E-state index < -0.39 is 5.41 Å². The van der Waals surface area contributed by atoms with Crippen LogP contribution >= 0.6 is 0 Å². The molecular weight excluding hydrogens is 204 g/mol. The third-order valence-corrected chi connectivity index (χ3v) is 2.92. The van der Waals surface area contributed by atoms with Crippen LogP contribution in [0.4, 0.5) is 0 Å². The van der Waals surface area contributed by atoms with Crippen LogP contribution in [0.15, 0.2) is 0 Å². The van der Waals surface area contributed by atoms with E-state index in [-0.39, 0.29) is 23.9 Å². The van der Waals surface area contributed by atoms with Crippen molar-refractivity contribution in [1.29, 1.82) is 0 Å². The van der Waals surface area contributed by atoms with Crippen LogP contribution in [0.25, 0.3) is 0 Å². The van der Waals surface area contributed by atoms with Gasteiger partial charge in [0.2, 0.25) is 11.8 Å². The second kappa shape index (κ2) is 4.85. The second-order valence-electron chi connectivity index (χ2n) is 5.19. The SMILES string of the molecule is CC(C)NC(=O)C1(C(=O)NC(C)C)CCC1. The van der Waals surface area contributed by atoms with Crippen LogP contribution in [0, 0.1) is 5.41 Å². The highest BCUT2D eigenvalue weighted by Crippen LogP contribution is 2.41. The van der Waals surface area contributed by atoms with Gasteiger partial charge in [-0.1, -0.05) is 6.42 Å². The van der Waals surface area contributed by atoms with Crippen molar-refractivity contribution in [2.24, 2.45) is 5.41 Å². The van der Waals surface area contributed by atoms with Gasteiger partial charge in [0, 0.05) is 12.1 Å². The van der Waals surface area contributed by atoms with Crippen molar-refractivity contribution < 1.29 is 9.59 Å². The Labute approximate surface area is 97.2 Å². The molecule has 0 aromatic heterocycles. The van der Waals surface area contributed by atoms with Gasteiger partial charge in [-0.05, 0) is 40.5 Å². The number of rotatable bonds is 4. The Morgan fingerprint density at radius 1 is 0.938 bits per heavy atom. The molecule has 0 aromatic rings. The van der Waals surface area contributed by atoms with E-state index in [0.29, 0.717) is 12.8 Å². The highest BCUT2D eigenvalue weighted by atomic mass is 16.2. The van der Waals surface area contributed by atoms with Gasteiger partial charge in [0.15, 0.2) is 0 Å². The molecule has 0 spiro atoms. The zero-order chi connectivity index (χ0) is 12.3. The summed E-state index contributed by atoms with van der Waals surface area (Å²) < 4.78 is 0. The van der Waals surface area contributed by atoms with E-state index in [9.17, 15) is 9.59 Å². The first-order chi connectivity index (χ1) is 7.38. The Morgan fingerprint density at radius 3 is 1.50 bits per heavy atom. The molecule has 0 aromatic carbocycles. The average Bonchev–Trinajstić information content (AvgIpc) is 1.97. The Kier molecular flexibility index (Phi) is 3.94. The van der Waals surface area contributed by atoms with Gasteiger partial charge >= 0.3 is 0 Å². The molecule has 4 heteroatoms. The van der Waals surface area contributed by atoms with Crippen molar-refractivity contribution >= 4 is 11.8 Å². The minimum Gasteiger partial charge on any atom is -0.353 e. The van der Waals surface area contributed by atoms with Crippen molar-refractivity contribution in [1.82, 2.24) is 10.6 Å². The summed E-state index contributed by atoms with van der Waals surface area (Å²) >= 11 is 0. The first kappa shape index (κ1) is 13.0. The molecule has 2 N–H and O–H groups in total. The quantitative estimate of drug-likeness (QED) is 0.708. The number of carbonyl (C=O) groups is 2. The summed E-state index contributed by atoms with van der Waals surface area (Å²) in [5.74, 6) is -0.237. The van der Waals surface area contributed by atoms with Crippen LogP contribution in [-0.4, -0.2) is 23.9 Å². The Bertz CT molecular complexity index is 257. The molecule has 0 aliphatic heterocycles. The Morgan fingerprint density at radius 2 is 1.31 bits per heavy atom. The van der Waals surface area contributed by atoms with Crippen molar-refractivity contribution in [3.05, 3.63) is 0 Å². The molecule has 1 aliphatic rings. The van der Waals surface area contributed by atoms with Gasteiger partial charge in [-0.15, -0.1) is 0 Å². The molecule has 0 atom stereocenters. The van der Waals surface area contributed by atoms with E-state index >= 15 is 0 Å². The van der Waals surface area contributed by atoms with Crippen molar-refractivity contribution in [3.8, 4) is 0 Å². The van der Waals surface area contributed by atoms with Gasteiger partial charge in [-0.25, -0.2) is 0 Å². The molecule has 1 saturated carbocycles. The Hall–Kier alpha value is -1.06. The van der Waals surface area contributed by atoms with Crippen molar-refractivity contribution in [3.63, 3.8) is 0 Å². The van der Waals surface area contributed by atoms with Crippen molar-refractivity contribution in [2.45, 2.75) is 59.0 Å². The average molecular weight is 226 g/mol. The largest absolute Gasteiger partial charge is 0.353 e. The van der Waals surface area contributed by atoms with Crippen LogP contribution in [-0.2, 0) is 9.59 Å². The maximum Gasteiger partial charge on any atom is 0.235 e. The molecule has 0 heterocycles. The topological polar surface area (TPSA) is 58.2 Å². The molecule has 4 nitrogen and oxygen atoms in total. The monoisotopic (exact) mass is 226 g/mol. The van der Waals surface area contributed by atoms with Crippen LogP contribution in [0.2, 0.25) is 0 Å². The molecule has 0 radical (unpaired) electrons. The second-order valence-corrected chi connectivity index (χ2v) is 5.19. The molecule has 1 aliphatic carbocycles. The lowest BCUT2D eigenvalue weighted by Gasteiger charge is -2.39. The van der Waals surface area contributed by atoms with E-state index in [1.54, 1.807) is 0 Å². The van der Waals surface area contributed by atoms with Crippen LogP contribution in [0.3, 0.4) is 0 Å². The predicted octanol–water partition coefficient (Wildman–Crippen LogP) is 1.21. The van der Waals surface area contributed by atoms with Crippen molar-refractivity contribution in [2.75, 3.05) is 0 Å². The molecule has 1 rings (SSSR count). The van der Waals surface area contributed by atoms with Gasteiger partial charge < -0.3 is 10.6 Å². The minimum absolute atomic E-state index is 0.0804. The van der Waals surface area contributed by atoms with Crippen LogP contribution < -0.4 is 10.6 Å². The molecular formula is C12H22N2O2. The first-order valence-corrected chi connectivity index (χ1v) is 6.00. The molecule has 2 amide bonds. The number of amides is 2. The summed E-state index contributed by atoms with van der Waals surface area (Å²) in [5.41, 5.74) is -0.797. The highest BCUT2D eigenvalue weighted by molar-refractivity contribution is 6.06. The number of hydrogen-bond acceptors (Lipinski definition) is 2. The van der Waals surface area contributed by atoms with E-state index in [2.05, 4.69) is 10.6 Å². The Balaban J connectivity index is 2.70. The lowest BCUT2D eigenvalue weighted by Crippen LogP contribution is -2.57. The van der Waals surface area contributed by atoms with E-state index in [0.717, 1.165) is 6.42 Å². The summed E-state index contributed by atoms with van der Waals surface area (Å²) in [6.07, 6.45) is 2.30. The molecule has 0 bridgehead atoms. The highest BCUT2D eigenvalue weighted by Gasteiger charge is 2.50. The molecule has 16 heavy (non-hydrogen) atoms. The number of carbonyl (C=O) groups excluding carboxylic acids is 2. The third kappa shape index (κ3) is 2.54. The molecule has 0 unspecified atom stereocenters.